The first kappa shape index (κ1) is 18.0. The van der Waals surface area contributed by atoms with Crippen molar-refractivity contribution in [3.05, 3.63) is 54.1 Å². The van der Waals surface area contributed by atoms with E-state index in [-0.39, 0.29) is 25.2 Å². The Morgan fingerprint density at radius 1 is 1.04 bits per heavy atom. The third-order valence-electron chi connectivity index (χ3n) is 3.49. The maximum absolute atomic E-state index is 11.7. The summed E-state index contributed by atoms with van der Waals surface area (Å²) in [6.07, 6.45) is 3.49. The van der Waals surface area contributed by atoms with E-state index in [1.165, 1.54) is 6.20 Å². The monoisotopic (exact) mass is 366 g/mol. The van der Waals surface area contributed by atoms with Crippen LogP contribution >= 0.6 is 0 Å². The Morgan fingerprint density at radius 2 is 1.93 bits per heavy atom. The van der Waals surface area contributed by atoms with Gasteiger partial charge in [0, 0.05) is 19.0 Å². The van der Waals surface area contributed by atoms with Gasteiger partial charge in [0.2, 0.25) is 11.7 Å². The van der Waals surface area contributed by atoms with E-state index >= 15 is 0 Å². The van der Waals surface area contributed by atoms with E-state index in [0.29, 0.717) is 28.7 Å². The van der Waals surface area contributed by atoms with E-state index in [4.69, 9.17) is 5.11 Å². The zero-order valence-corrected chi connectivity index (χ0v) is 14.2. The van der Waals surface area contributed by atoms with Crippen molar-refractivity contribution in [1.82, 2.24) is 20.8 Å². The summed E-state index contributed by atoms with van der Waals surface area (Å²) < 4.78 is 0. The van der Waals surface area contributed by atoms with Crippen molar-refractivity contribution in [2.45, 2.75) is 19.3 Å². The highest BCUT2D eigenvalue weighted by Crippen LogP contribution is 2.09. The van der Waals surface area contributed by atoms with Gasteiger partial charge in [-0.15, -0.1) is 15.6 Å². The molecule has 0 fully saturated rings. The van der Waals surface area contributed by atoms with Crippen LogP contribution in [-0.2, 0) is 9.59 Å². The van der Waals surface area contributed by atoms with Crippen LogP contribution in [-0.4, -0.2) is 38.6 Å². The zero-order valence-electron chi connectivity index (χ0n) is 14.2. The number of nitrogens with zero attached hydrogens (tertiary/aromatic N) is 5. The lowest BCUT2D eigenvalue weighted by Gasteiger charge is -2.13. The molecule has 3 heterocycles. The molecule has 137 valence electrons. The molecule has 1 amide bonds. The number of hydrogen-bond donors (Lipinski definition) is 3. The molecule has 0 unspecified atom stereocenters. The van der Waals surface area contributed by atoms with Crippen molar-refractivity contribution in [2.24, 2.45) is 10.2 Å². The number of hydrogen-bond acceptors (Lipinski definition) is 7. The van der Waals surface area contributed by atoms with Crippen molar-refractivity contribution in [2.75, 3.05) is 5.32 Å². The van der Waals surface area contributed by atoms with Crippen LogP contribution in [0.25, 0.3) is 0 Å². The topological polar surface area (TPSA) is 143 Å². The Morgan fingerprint density at radius 3 is 2.56 bits per heavy atom. The van der Waals surface area contributed by atoms with E-state index in [0.717, 1.165) is 0 Å². The number of pyridine rings is 2. The fourth-order valence-electron chi connectivity index (χ4n) is 2.19. The lowest BCUT2D eigenvalue weighted by molar-refractivity contribution is -0.137. The van der Waals surface area contributed by atoms with Gasteiger partial charge in [-0.1, -0.05) is 6.07 Å². The number of carboxylic acid groups (broad SMARTS) is 1. The zero-order chi connectivity index (χ0) is 19.1. The van der Waals surface area contributed by atoms with Crippen LogP contribution in [0.3, 0.4) is 0 Å². The summed E-state index contributed by atoms with van der Waals surface area (Å²) in [6, 6.07) is 8.73. The maximum atomic E-state index is 11.7. The SMILES string of the molecule is O=C(O)CCCC(=O)Nc1ccc(C2=NN=C(c3ccccn3)N[N]2)nc1. The van der Waals surface area contributed by atoms with Gasteiger partial charge in [0.15, 0.2) is 5.84 Å². The first-order valence-electron chi connectivity index (χ1n) is 8.14. The number of amides is 1. The third-order valence-corrected chi connectivity index (χ3v) is 3.49. The molecule has 2 aromatic heterocycles. The van der Waals surface area contributed by atoms with Gasteiger partial charge in [-0.05, 0) is 30.7 Å². The molecule has 0 bridgehead atoms. The number of carboxylic acids is 1. The molecule has 0 aliphatic carbocycles. The highest BCUT2D eigenvalue weighted by atomic mass is 16.4. The molecular formula is C17H16N7O3. The molecule has 27 heavy (non-hydrogen) atoms. The summed E-state index contributed by atoms with van der Waals surface area (Å²) in [7, 11) is 0. The van der Waals surface area contributed by atoms with E-state index in [1.54, 1.807) is 30.5 Å². The summed E-state index contributed by atoms with van der Waals surface area (Å²) in [5.41, 5.74) is 8.52. The number of aliphatic carboxylic acids is 1. The van der Waals surface area contributed by atoms with Crippen LogP contribution < -0.4 is 16.2 Å². The molecule has 0 atom stereocenters. The predicted molar refractivity (Wildman–Crippen MR) is 96.9 cm³/mol. The summed E-state index contributed by atoms with van der Waals surface area (Å²) >= 11 is 0. The average molecular weight is 366 g/mol. The van der Waals surface area contributed by atoms with E-state index in [1.807, 2.05) is 6.07 Å². The standard InChI is InChI=1S/C17H16N7O3/c25-14(5-3-6-15(26)27)20-11-7-8-13(19-10-11)17-23-21-16(22-24-17)12-4-1-2-9-18-12/h1-2,4,7-10H,3,5-6H2,(H,20,25)(H,21,22)(H,26,27). The number of carbonyl (C=O) groups is 2. The molecule has 1 aliphatic rings. The highest BCUT2D eigenvalue weighted by molar-refractivity contribution is 6.04. The molecule has 0 aromatic carbocycles. The normalized spacial score (nSPS) is 12.9. The van der Waals surface area contributed by atoms with Crippen molar-refractivity contribution in [1.29, 1.82) is 0 Å². The number of anilines is 1. The van der Waals surface area contributed by atoms with E-state index in [9.17, 15) is 9.59 Å². The van der Waals surface area contributed by atoms with Gasteiger partial charge >= 0.3 is 5.97 Å². The molecule has 1 radical (unpaired) electrons. The average Bonchev–Trinajstić information content (AvgIpc) is 2.69. The van der Waals surface area contributed by atoms with Gasteiger partial charge in [0.05, 0.1) is 11.9 Å². The largest absolute Gasteiger partial charge is 0.481 e. The van der Waals surface area contributed by atoms with Crippen molar-refractivity contribution in [3.8, 4) is 0 Å². The van der Waals surface area contributed by atoms with E-state index < -0.39 is 5.97 Å². The summed E-state index contributed by atoms with van der Waals surface area (Å²) in [5, 5.41) is 19.3. The van der Waals surface area contributed by atoms with Crippen LogP contribution in [0.4, 0.5) is 5.69 Å². The minimum atomic E-state index is -0.923. The number of amidine groups is 2. The minimum absolute atomic E-state index is 0.0417. The lowest BCUT2D eigenvalue weighted by Crippen LogP contribution is -2.39. The number of carbonyl (C=O) groups excluding carboxylic acids is 1. The second-order valence-electron chi connectivity index (χ2n) is 5.54. The smallest absolute Gasteiger partial charge is 0.303 e. The first-order valence-corrected chi connectivity index (χ1v) is 8.14. The fraction of sp³-hybridized carbons (Fsp3) is 0.176. The second kappa shape index (κ2) is 8.52. The second-order valence-corrected chi connectivity index (χ2v) is 5.54. The van der Waals surface area contributed by atoms with Gasteiger partial charge in [0.1, 0.15) is 11.4 Å². The van der Waals surface area contributed by atoms with Crippen LogP contribution in [0.1, 0.15) is 30.7 Å². The molecule has 0 saturated carbocycles. The summed E-state index contributed by atoms with van der Waals surface area (Å²) in [6.45, 7) is 0. The van der Waals surface area contributed by atoms with E-state index in [2.05, 4.69) is 36.3 Å². The highest BCUT2D eigenvalue weighted by Gasteiger charge is 2.15. The molecule has 0 saturated heterocycles. The molecule has 0 spiro atoms. The minimum Gasteiger partial charge on any atom is -0.481 e. The van der Waals surface area contributed by atoms with Crippen molar-refractivity contribution >= 4 is 29.2 Å². The van der Waals surface area contributed by atoms with Crippen LogP contribution in [0.5, 0.6) is 0 Å². The molecule has 2 aromatic rings. The number of rotatable bonds is 7. The Hall–Kier alpha value is -3.82. The maximum Gasteiger partial charge on any atom is 0.303 e. The lowest BCUT2D eigenvalue weighted by atomic mass is 10.2. The quantitative estimate of drug-likeness (QED) is 0.664. The van der Waals surface area contributed by atoms with Gasteiger partial charge in [-0.25, -0.2) is 0 Å². The molecule has 1 aliphatic heterocycles. The number of aromatic nitrogens is 2. The molecule has 3 rings (SSSR count). The Kier molecular flexibility index (Phi) is 5.67. The van der Waals surface area contributed by atoms with Gasteiger partial charge in [-0.2, -0.15) is 0 Å². The van der Waals surface area contributed by atoms with Crippen LogP contribution in [0, 0.1) is 0 Å². The molecule has 3 N–H and O–H groups in total. The van der Waals surface area contributed by atoms with Gasteiger partial charge in [-0.3, -0.25) is 25.0 Å². The summed E-state index contributed by atoms with van der Waals surface area (Å²) in [5.74, 6) is -0.455. The van der Waals surface area contributed by atoms with Crippen molar-refractivity contribution in [3.63, 3.8) is 0 Å². The molecule has 10 nitrogen and oxygen atoms in total. The third kappa shape index (κ3) is 5.08. The number of nitrogens with one attached hydrogen (secondary N) is 2. The Bertz CT molecular complexity index is 879. The predicted octanol–water partition coefficient (Wildman–Crippen LogP) is 0.901. The molecular weight excluding hydrogens is 350 g/mol. The van der Waals surface area contributed by atoms with Crippen LogP contribution in [0.2, 0.25) is 0 Å². The van der Waals surface area contributed by atoms with Crippen molar-refractivity contribution < 1.29 is 14.7 Å². The molecule has 10 heteroatoms. The van der Waals surface area contributed by atoms with Crippen LogP contribution in [0.15, 0.2) is 52.9 Å². The Labute approximate surface area is 154 Å². The Balaban J connectivity index is 1.59. The van der Waals surface area contributed by atoms with Gasteiger partial charge < -0.3 is 10.4 Å². The van der Waals surface area contributed by atoms with Gasteiger partial charge in [0.25, 0.3) is 0 Å². The summed E-state index contributed by atoms with van der Waals surface area (Å²) in [4.78, 5) is 30.6. The first-order chi connectivity index (χ1) is 13.1. The fourth-order valence-corrected chi connectivity index (χ4v) is 2.19.